The molecule has 2 N–H and O–H groups in total. The zero-order valence-electron chi connectivity index (χ0n) is 15.6. The van der Waals surface area contributed by atoms with E-state index >= 15 is 0 Å². The van der Waals surface area contributed by atoms with E-state index in [4.69, 9.17) is 4.74 Å². The van der Waals surface area contributed by atoms with Gasteiger partial charge in [-0.05, 0) is 36.2 Å². The number of pyridine rings is 1. The van der Waals surface area contributed by atoms with Crippen molar-refractivity contribution in [3.8, 4) is 11.5 Å². The molecule has 1 heterocycles. The average molecular weight is 364 g/mol. The summed E-state index contributed by atoms with van der Waals surface area (Å²) in [4.78, 5) is 12.5. The molecule has 2 aromatic carbocycles. The van der Waals surface area contributed by atoms with Crippen LogP contribution in [0.3, 0.4) is 0 Å². The van der Waals surface area contributed by atoms with Crippen molar-refractivity contribution in [2.45, 2.75) is 26.1 Å². The smallest absolute Gasteiger partial charge is 0.293 e. The minimum absolute atomic E-state index is 0.0713. The predicted molar refractivity (Wildman–Crippen MR) is 106 cm³/mol. The highest BCUT2D eigenvalue weighted by atomic mass is 16.5. The first kappa shape index (κ1) is 18.7. The highest BCUT2D eigenvalue weighted by Gasteiger charge is 2.11. The van der Waals surface area contributed by atoms with Crippen molar-refractivity contribution < 1.29 is 9.84 Å². The van der Waals surface area contributed by atoms with E-state index in [0.29, 0.717) is 18.7 Å². The van der Waals surface area contributed by atoms with Crippen LogP contribution in [-0.2, 0) is 13.1 Å². The zero-order valence-corrected chi connectivity index (χ0v) is 15.6. The van der Waals surface area contributed by atoms with Gasteiger partial charge in [-0.25, -0.2) is 0 Å². The lowest BCUT2D eigenvalue weighted by Crippen LogP contribution is -2.23. The van der Waals surface area contributed by atoms with E-state index < -0.39 is 0 Å². The first-order valence-corrected chi connectivity index (χ1v) is 8.91. The molecule has 1 unspecified atom stereocenters. The number of aromatic hydroxyl groups is 1. The summed E-state index contributed by atoms with van der Waals surface area (Å²) in [5.74, 6) is 0.605. The molecule has 0 fully saturated rings. The van der Waals surface area contributed by atoms with Crippen molar-refractivity contribution in [3.05, 3.63) is 93.9 Å². The van der Waals surface area contributed by atoms with Gasteiger partial charge in [0.1, 0.15) is 5.75 Å². The van der Waals surface area contributed by atoms with Gasteiger partial charge < -0.3 is 19.7 Å². The maximum absolute atomic E-state index is 12.5. The monoisotopic (exact) mass is 364 g/mol. The largest absolute Gasteiger partial charge is 0.503 e. The Labute approximate surface area is 158 Å². The van der Waals surface area contributed by atoms with Gasteiger partial charge >= 0.3 is 0 Å². The van der Waals surface area contributed by atoms with Crippen LogP contribution in [0.2, 0.25) is 0 Å². The number of hydrogen-bond acceptors (Lipinski definition) is 4. The molecule has 5 heteroatoms. The lowest BCUT2D eigenvalue weighted by molar-refractivity contribution is 0.414. The van der Waals surface area contributed by atoms with Gasteiger partial charge in [0, 0.05) is 24.3 Å². The Bertz CT molecular complexity index is 934. The summed E-state index contributed by atoms with van der Waals surface area (Å²) in [5.41, 5.74) is 2.32. The van der Waals surface area contributed by atoms with Crippen LogP contribution >= 0.6 is 0 Å². The van der Waals surface area contributed by atoms with Crippen LogP contribution in [0, 0.1) is 0 Å². The number of benzene rings is 2. The summed E-state index contributed by atoms with van der Waals surface area (Å²) in [6, 6.07) is 19.4. The molecule has 1 atom stereocenters. The van der Waals surface area contributed by atoms with Crippen molar-refractivity contribution in [1.82, 2.24) is 9.88 Å². The summed E-state index contributed by atoms with van der Waals surface area (Å²) in [5, 5.41) is 13.7. The molecule has 1 aromatic heterocycles. The van der Waals surface area contributed by atoms with Gasteiger partial charge in [0.25, 0.3) is 5.56 Å². The average Bonchev–Trinajstić information content (AvgIpc) is 2.71. The number of ether oxygens (including phenoxy) is 1. The Morgan fingerprint density at radius 1 is 1.07 bits per heavy atom. The van der Waals surface area contributed by atoms with Crippen LogP contribution < -0.4 is 15.6 Å². The maximum Gasteiger partial charge on any atom is 0.293 e. The van der Waals surface area contributed by atoms with Gasteiger partial charge in [-0.2, -0.15) is 0 Å². The molecule has 0 bridgehead atoms. The number of aromatic nitrogens is 1. The normalized spacial score (nSPS) is 11.9. The third kappa shape index (κ3) is 4.57. The zero-order chi connectivity index (χ0) is 19.2. The van der Waals surface area contributed by atoms with E-state index in [-0.39, 0.29) is 17.4 Å². The minimum atomic E-state index is -0.379. The van der Waals surface area contributed by atoms with E-state index in [0.717, 1.165) is 16.9 Å². The Morgan fingerprint density at radius 2 is 1.78 bits per heavy atom. The fourth-order valence-electron chi connectivity index (χ4n) is 2.92. The number of nitrogens with zero attached hydrogens (tertiary/aromatic N) is 1. The first-order valence-electron chi connectivity index (χ1n) is 8.91. The Kier molecular flexibility index (Phi) is 5.94. The van der Waals surface area contributed by atoms with Crippen LogP contribution in [0.15, 0.2) is 71.7 Å². The van der Waals surface area contributed by atoms with E-state index in [2.05, 4.69) is 5.32 Å². The highest BCUT2D eigenvalue weighted by molar-refractivity contribution is 5.31. The molecule has 27 heavy (non-hydrogen) atoms. The van der Waals surface area contributed by atoms with E-state index in [1.807, 2.05) is 61.5 Å². The summed E-state index contributed by atoms with van der Waals surface area (Å²) < 4.78 is 6.69. The molecule has 0 saturated heterocycles. The number of nitrogens with one attached hydrogen (secondary N) is 1. The van der Waals surface area contributed by atoms with Crippen molar-refractivity contribution >= 4 is 0 Å². The third-order valence-electron chi connectivity index (χ3n) is 4.63. The second-order valence-corrected chi connectivity index (χ2v) is 6.48. The lowest BCUT2D eigenvalue weighted by Gasteiger charge is -2.16. The molecule has 0 radical (unpaired) electrons. The lowest BCUT2D eigenvalue weighted by atomic mass is 10.1. The molecule has 140 valence electrons. The van der Waals surface area contributed by atoms with Crippen molar-refractivity contribution in [2.24, 2.45) is 0 Å². The van der Waals surface area contributed by atoms with Crippen molar-refractivity contribution in [3.63, 3.8) is 0 Å². The van der Waals surface area contributed by atoms with Crippen LogP contribution in [0.5, 0.6) is 11.5 Å². The second kappa shape index (κ2) is 8.56. The third-order valence-corrected chi connectivity index (χ3v) is 4.63. The summed E-state index contributed by atoms with van der Waals surface area (Å²) in [6.45, 7) is 2.87. The first-order chi connectivity index (χ1) is 13.1. The molecular weight excluding hydrogens is 340 g/mol. The van der Waals surface area contributed by atoms with Gasteiger partial charge in [0.05, 0.1) is 13.7 Å². The molecule has 3 rings (SSSR count). The standard InChI is InChI=1S/C22H24N2O3/c1-16(18-8-10-20(27-2)11-9-18)23-14-19-12-13-24(22(26)21(19)25)15-17-6-4-3-5-7-17/h3-13,16,23,25H,14-15H2,1-2H3. The quantitative estimate of drug-likeness (QED) is 0.674. The fraction of sp³-hybridized carbons (Fsp3) is 0.227. The molecule has 0 spiro atoms. The number of hydrogen-bond donors (Lipinski definition) is 2. The summed E-state index contributed by atoms with van der Waals surface area (Å²) >= 11 is 0. The molecule has 5 nitrogen and oxygen atoms in total. The highest BCUT2D eigenvalue weighted by Crippen LogP contribution is 2.19. The minimum Gasteiger partial charge on any atom is -0.503 e. The van der Waals surface area contributed by atoms with Crippen molar-refractivity contribution in [1.29, 1.82) is 0 Å². The van der Waals surface area contributed by atoms with Crippen LogP contribution in [0.25, 0.3) is 0 Å². The number of rotatable bonds is 7. The van der Waals surface area contributed by atoms with Crippen LogP contribution in [0.4, 0.5) is 0 Å². The molecule has 0 aliphatic carbocycles. The van der Waals surface area contributed by atoms with E-state index in [9.17, 15) is 9.90 Å². The Hall–Kier alpha value is -3.05. The van der Waals surface area contributed by atoms with Gasteiger partial charge in [-0.1, -0.05) is 42.5 Å². The molecular formula is C22H24N2O3. The van der Waals surface area contributed by atoms with Gasteiger partial charge in [0.2, 0.25) is 0 Å². The predicted octanol–water partition coefficient (Wildman–Crippen LogP) is 3.46. The summed E-state index contributed by atoms with van der Waals surface area (Å²) in [6.07, 6.45) is 1.73. The number of methoxy groups -OCH3 is 1. The molecule has 3 aromatic rings. The topological polar surface area (TPSA) is 63.5 Å². The van der Waals surface area contributed by atoms with Gasteiger partial charge in [0.15, 0.2) is 5.75 Å². The van der Waals surface area contributed by atoms with Crippen LogP contribution in [-0.4, -0.2) is 16.8 Å². The summed E-state index contributed by atoms with van der Waals surface area (Å²) in [7, 11) is 1.64. The second-order valence-electron chi connectivity index (χ2n) is 6.48. The van der Waals surface area contributed by atoms with Gasteiger partial charge in [-0.3, -0.25) is 4.79 Å². The van der Waals surface area contributed by atoms with Crippen LogP contribution in [0.1, 0.15) is 29.7 Å². The van der Waals surface area contributed by atoms with Crippen molar-refractivity contribution in [2.75, 3.05) is 7.11 Å². The van der Waals surface area contributed by atoms with E-state index in [1.165, 1.54) is 4.57 Å². The Balaban J connectivity index is 1.68. The maximum atomic E-state index is 12.5. The molecule has 0 aliphatic heterocycles. The molecule has 0 aliphatic rings. The fourth-order valence-corrected chi connectivity index (χ4v) is 2.92. The SMILES string of the molecule is COc1ccc(C(C)NCc2ccn(Cc3ccccc3)c(=O)c2O)cc1. The van der Waals surface area contributed by atoms with Gasteiger partial charge in [-0.15, -0.1) is 0 Å². The molecule has 0 amide bonds. The van der Waals surface area contributed by atoms with E-state index in [1.54, 1.807) is 19.4 Å². The Morgan fingerprint density at radius 3 is 2.44 bits per heavy atom. The molecule has 0 saturated carbocycles.